The molecule has 7 nitrogen and oxygen atoms in total. The van der Waals surface area contributed by atoms with Gasteiger partial charge >= 0.3 is 0 Å². The second-order valence-electron chi connectivity index (χ2n) is 6.12. The quantitative estimate of drug-likeness (QED) is 0.564. The summed E-state index contributed by atoms with van der Waals surface area (Å²) in [5.41, 5.74) is 1.69. The van der Waals surface area contributed by atoms with E-state index in [-0.39, 0.29) is 24.9 Å². The Morgan fingerprint density at radius 3 is 2.89 bits per heavy atom. The average Bonchev–Trinajstić information content (AvgIpc) is 3.24. The number of carbonyl (C=O) groups is 1. The van der Waals surface area contributed by atoms with Gasteiger partial charge in [0.2, 0.25) is 11.8 Å². The molecule has 0 atom stereocenters. The zero-order chi connectivity index (χ0) is 19.2. The third-order valence-corrected chi connectivity index (χ3v) is 4.14. The third kappa shape index (κ3) is 4.78. The zero-order valence-corrected chi connectivity index (χ0v) is 15.4. The first-order valence-electron chi connectivity index (χ1n) is 8.88. The minimum atomic E-state index is -0.437. The molecule has 3 aromatic rings. The van der Waals surface area contributed by atoms with E-state index in [0.717, 1.165) is 10.9 Å². The molecule has 0 aliphatic rings. The molecule has 2 aromatic heterocycles. The van der Waals surface area contributed by atoms with E-state index in [2.05, 4.69) is 15.4 Å². The molecule has 0 radical (unpaired) electrons. The van der Waals surface area contributed by atoms with Crippen LogP contribution >= 0.6 is 0 Å². The van der Waals surface area contributed by atoms with Gasteiger partial charge < -0.3 is 19.8 Å². The van der Waals surface area contributed by atoms with Crippen molar-refractivity contribution in [3.8, 4) is 11.6 Å². The number of aryl methyl sites for hydroxylation is 1. The minimum Gasteiger partial charge on any atom is -0.487 e. The summed E-state index contributed by atoms with van der Waals surface area (Å²) in [6, 6.07) is 4.84. The highest BCUT2D eigenvalue weighted by atomic mass is 19.1. The van der Waals surface area contributed by atoms with Gasteiger partial charge in [0, 0.05) is 55.4 Å². The van der Waals surface area contributed by atoms with E-state index in [9.17, 15) is 9.18 Å². The predicted molar refractivity (Wildman–Crippen MR) is 99.5 cm³/mol. The molecule has 0 aliphatic carbocycles. The first-order valence-corrected chi connectivity index (χ1v) is 8.88. The molecule has 1 amide bonds. The summed E-state index contributed by atoms with van der Waals surface area (Å²) in [7, 11) is 1.80. The fraction of sp³-hybridized carbons (Fsp3) is 0.368. The van der Waals surface area contributed by atoms with Gasteiger partial charge in [0.05, 0.1) is 0 Å². The molecule has 0 saturated heterocycles. The van der Waals surface area contributed by atoms with Crippen molar-refractivity contribution < 1.29 is 18.7 Å². The van der Waals surface area contributed by atoms with Crippen molar-refractivity contribution in [2.75, 3.05) is 19.8 Å². The van der Waals surface area contributed by atoms with Crippen LogP contribution in [0, 0.1) is 5.82 Å². The highest BCUT2D eigenvalue weighted by Crippen LogP contribution is 2.27. The number of hydrogen-bond donors (Lipinski definition) is 2. The number of nitrogens with zero attached hydrogens (tertiary/aromatic N) is 2. The van der Waals surface area contributed by atoms with E-state index < -0.39 is 5.82 Å². The number of hydrogen-bond acceptors (Lipinski definition) is 4. The normalized spacial score (nSPS) is 10.9. The fourth-order valence-corrected chi connectivity index (χ4v) is 2.73. The number of nitrogens with one attached hydrogen (secondary N) is 2. The van der Waals surface area contributed by atoms with Crippen LogP contribution in [0.1, 0.15) is 18.9 Å². The van der Waals surface area contributed by atoms with Crippen LogP contribution in [0.2, 0.25) is 0 Å². The molecule has 0 fully saturated rings. The van der Waals surface area contributed by atoms with Crippen LogP contribution in [-0.4, -0.2) is 40.4 Å². The van der Waals surface area contributed by atoms with Crippen LogP contribution in [-0.2, 0) is 18.3 Å². The Bertz CT molecular complexity index is 919. The van der Waals surface area contributed by atoms with Crippen LogP contribution in [0.5, 0.6) is 11.6 Å². The second-order valence-corrected chi connectivity index (χ2v) is 6.12. The SMILES string of the molecule is CCC(=O)NCCc1c[nH]c2cc(F)c(OCCOc3ccn(C)n3)cc12. The molecule has 2 N–H and O–H groups in total. The first-order chi connectivity index (χ1) is 13.1. The van der Waals surface area contributed by atoms with Crippen LogP contribution in [0.4, 0.5) is 4.39 Å². The van der Waals surface area contributed by atoms with Gasteiger partial charge in [-0.1, -0.05) is 6.92 Å². The third-order valence-electron chi connectivity index (χ3n) is 4.14. The summed E-state index contributed by atoms with van der Waals surface area (Å²) in [6.45, 7) is 2.80. The van der Waals surface area contributed by atoms with Crippen LogP contribution in [0.25, 0.3) is 10.9 Å². The summed E-state index contributed by atoms with van der Waals surface area (Å²) in [4.78, 5) is 14.4. The molecule has 8 heteroatoms. The van der Waals surface area contributed by atoms with Crippen molar-refractivity contribution in [1.82, 2.24) is 20.1 Å². The molecular formula is C19H23FN4O3. The maximum Gasteiger partial charge on any atom is 0.232 e. The van der Waals surface area contributed by atoms with Crippen molar-refractivity contribution in [1.29, 1.82) is 0 Å². The molecule has 27 heavy (non-hydrogen) atoms. The van der Waals surface area contributed by atoms with Gasteiger partial charge in [-0.3, -0.25) is 9.48 Å². The summed E-state index contributed by atoms with van der Waals surface area (Å²) < 4.78 is 26.9. The Labute approximate surface area is 156 Å². The summed E-state index contributed by atoms with van der Waals surface area (Å²) in [5.74, 6) is 0.246. The minimum absolute atomic E-state index is 0.0119. The lowest BCUT2D eigenvalue weighted by Gasteiger charge is -2.09. The Kier molecular flexibility index (Phi) is 5.95. The smallest absolute Gasteiger partial charge is 0.232 e. The van der Waals surface area contributed by atoms with Crippen molar-refractivity contribution in [3.05, 3.63) is 42.0 Å². The summed E-state index contributed by atoms with van der Waals surface area (Å²) >= 11 is 0. The van der Waals surface area contributed by atoms with Gasteiger partial charge in [0.1, 0.15) is 13.2 Å². The monoisotopic (exact) mass is 374 g/mol. The standard InChI is InChI=1S/C19H23FN4O3/c1-3-18(25)21-6-4-13-12-22-16-11-15(20)17(10-14(13)16)26-8-9-27-19-5-7-24(2)23-19/h5,7,10-12,22H,3-4,6,8-9H2,1-2H3,(H,21,25). The Hall–Kier alpha value is -3.03. The number of carbonyl (C=O) groups excluding carboxylic acids is 1. The molecule has 0 saturated carbocycles. The first kappa shape index (κ1) is 18.8. The number of halogens is 1. The number of benzene rings is 1. The zero-order valence-electron chi connectivity index (χ0n) is 15.4. The number of aromatic amines is 1. The fourth-order valence-electron chi connectivity index (χ4n) is 2.73. The second kappa shape index (κ2) is 8.57. The Morgan fingerprint density at radius 1 is 1.33 bits per heavy atom. The van der Waals surface area contributed by atoms with E-state index in [1.165, 1.54) is 6.07 Å². The Morgan fingerprint density at radius 2 is 2.15 bits per heavy atom. The lowest BCUT2D eigenvalue weighted by Crippen LogP contribution is -2.24. The van der Waals surface area contributed by atoms with Crippen molar-refractivity contribution in [3.63, 3.8) is 0 Å². The van der Waals surface area contributed by atoms with Gasteiger partial charge in [-0.05, 0) is 18.1 Å². The van der Waals surface area contributed by atoms with Crippen LogP contribution in [0.3, 0.4) is 0 Å². The van der Waals surface area contributed by atoms with Crippen LogP contribution in [0.15, 0.2) is 30.6 Å². The highest BCUT2D eigenvalue weighted by molar-refractivity contribution is 5.85. The molecule has 0 aliphatic heterocycles. The number of aromatic nitrogens is 3. The highest BCUT2D eigenvalue weighted by Gasteiger charge is 2.11. The Balaban J connectivity index is 1.60. The lowest BCUT2D eigenvalue weighted by atomic mass is 10.1. The lowest BCUT2D eigenvalue weighted by molar-refractivity contribution is -0.120. The van der Waals surface area contributed by atoms with Gasteiger partial charge in [-0.15, -0.1) is 5.10 Å². The molecule has 0 spiro atoms. The summed E-state index contributed by atoms with van der Waals surface area (Å²) in [6.07, 6.45) is 4.72. The number of H-pyrrole nitrogens is 1. The number of fused-ring (bicyclic) bond motifs is 1. The molecular weight excluding hydrogens is 351 g/mol. The molecule has 0 bridgehead atoms. The molecule has 144 valence electrons. The van der Waals surface area contributed by atoms with E-state index in [0.29, 0.717) is 30.8 Å². The summed E-state index contributed by atoms with van der Waals surface area (Å²) in [5, 5.41) is 7.81. The van der Waals surface area contributed by atoms with E-state index in [4.69, 9.17) is 9.47 Å². The van der Waals surface area contributed by atoms with E-state index in [1.807, 2.05) is 13.1 Å². The number of amides is 1. The molecule has 3 rings (SSSR count). The largest absolute Gasteiger partial charge is 0.487 e. The number of rotatable bonds is 9. The van der Waals surface area contributed by atoms with Crippen molar-refractivity contribution in [2.45, 2.75) is 19.8 Å². The van der Waals surface area contributed by atoms with E-state index in [1.54, 1.807) is 30.1 Å². The predicted octanol–water partition coefficient (Wildman–Crippen LogP) is 2.57. The van der Waals surface area contributed by atoms with Crippen molar-refractivity contribution >= 4 is 16.8 Å². The van der Waals surface area contributed by atoms with Crippen molar-refractivity contribution in [2.24, 2.45) is 7.05 Å². The number of ether oxygens (including phenoxy) is 2. The maximum absolute atomic E-state index is 14.2. The molecule has 1 aromatic carbocycles. The van der Waals surface area contributed by atoms with Gasteiger partial charge in [0.25, 0.3) is 0 Å². The molecule has 2 heterocycles. The van der Waals surface area contributed by atoms with Gasteiger partial charge in [-0.25, -0.2) is 4.39 Å². The van der Waals surface area contributed by atoms with E-state index >= 15 is 0 Å². The maximum atomic E-state index is 14.2. The topological polar surface area (TPSA) is 81.2 Å². The van der Waals surface area contributed by atoms with Gasteiger partial charge in [0.15, 0.2) is 11.6 Å². The van der Waals surface area contributed by atoms with Gasteiger partial charge in [-0.2, -0.15) is 0 Å². The molecule has 0 unspecified atom stereocenters. The average molecular weight is 374 g/mol. The van der Waals surface area contributed by atoms with Crippen LogP contribution < -0.4 is 14.8 Å².